The summed E-state index contributed by atoms with van der Waals surface area (Å²) >= 11 is 0. The third kappa shape index (κ3) is 6.45. The van der Waals surface area contributed by atoms with Crippen LogP contribution in [0.3, 0.4) is 0 Å². The van der Waals surface area contributed by atoms with Gasteiger partial charge in [-0.25, -0.2) is 0 Å². The van der Waals surface area contributed by atoms with Gasteiger partial charge < -0.3 is 5.32 Å². The molecule has 1 saturated heterocycles. The zero-order valence-corrected chi connectivity index (χ0v) is 12.3. The SMILES string of the molecule is CC1CCCCC1.CCC(C)C1CCCNC1. The van der Waals surface area contributed by atoms with Crippen LogP contribution in [0.15, 0.2) is 0 Å². The van der Waals surface area contributed by atoms with Crippen molar-refractivity contribution < 1.29 is 0 Å². The lowest BCUT2D eigenvalue weighted by molar-refractivity contribution is 0.274. The number of nitrogens with one attached hydrogen (secondary N) is 1. The largest absolute Gasteiger partial charge is 0.316 e. The van der Waals surface area contributed by atoms with Crippen LogP contribution in [0.1, 0.15) is 72.1 Å². The van der Waals surface area contributed by atoms with E-state index in [0.717, 1.165) is 17.8 Å². The van der Waals surface area contributed by atoms with E-state index >= 15 is 0 Å². The van der Waals surface area contributed by atoms with E-state index in [1.807, 2.05) is 0 Å². The molecular weight excluding hydrogens is 206 g/mol. The highest BCUT2D eigenvalue weighted by atomic mass is 14.9. The summed E-state index contributed by atoms with van der Waals surface area (Å²) < 4.78 is 0. The first-order valence-corrected chi connectivity index (χ1v) is 7.94. The van der Waals surface area contributed by atoms with Gasteiger partial charge in [-0.2, -0.15) is 0 Å². The van der Waals surface area contributed by atoms with Crippen molar-refractivity contribution >= 4 is 0 Å². The maximum absolute atomic E-state index is 3.45. The van der Waals surface area contributed by atoms with Gasteiger partial charge >= 0.3 is 0 Å². The molecule has 0 aromatic rings. The van der Waals surface area contributed by atoms with Gasteiger partial charge in [-0.3, -0.25) is 0 Å². The number of piperidine rings is 1. The van der Waals surface area contributed by atoms with E-state index in [4.69, 9.17) is 0 Å². The van der Waals surface area contributed by atoms with Crippen LogP contribution in [0.5, 0.6) is 0 Å². The number of hydrogen-bond acceptors (Lipinski definition) is 1. The molecule has 2 atom stereocenters. The first-order chi connectivity index (χ1) is 8.24. The molecule has 1 heterocycles. The maximum atomic E-state index is 3.45. The van der Waals surface area contributed by atoms with Crippen LogP contribution < -0.4 is 5.32 Å². The summed E-state index contributed by atoms with van der Waals surface area (Å²) in [5.41, 5.74) is 0. The Morgan fingerprint density at radius 2 is 1.76 bits per heavy atom. The summed E-state index contributed by atoms with van der Waals surface area (Å²) in [4.78, 5) is 0. The van der Waals surface area contributed by atoms with E-state index in [1.54, 1.807) is 0 Å². The molecule has 2 rings (SSSR count). The maximum Gasteiger partial charge on any atom is -0.00180 e. The number of rotatable bonds is 2. The van der Waals surface area contributed by atoms with E-state index < -0.39 is 0 Å². The van der Waals surface area contributed by atoms with Crippen LogP contribution in [0, 0.1) is 17.8 Å². The third-order valence-electron chi connectivity index (χ3n) is 4.68. The van der Waals surface area contributed by atoms with Crippen LogP contribution in [0.2, 0.25) is 0 Å². The molecule has 0 spiro atoms. The van der Waals surface area contributed by atoms with E-state index in [0.29, 0.717) is 0 Å². The van der Waals surface area contributed by atoms with Gasteiger partial charge in [0, 0.05) is 0 Å². The van der Waals surface area contributed by atoms with E-state index in [9.17, 15) is 0 Å². The molecule has 0 aromatic carbocycles. The molecule has 1 aliphatic carbocycles. The molecule has 0 bridgehead atoms. The summed E-state index contributed by atoms with van der Waals surface area (Å²) in [7, 11) is 0. The molecule has 0 aromatic heterocycles. The fourth-order valence-corrected chi connectivity index (χ4v) is 3.00. The fraction of sp³-hybridized carbons (Fsp3) is 1.00. The van der Waals surface area contributed by atoms with Crippen molar-refractivity contribution in [1.82, 2.24) is 5.32 Å². The summed E-state index contributed by atoms with van der Waals surface area (Å²) in [6, 6.07) is 0. The molecule has 102 valence electrons. The highest BCUT2D eigenvalue weighted by Gasteiger charge is 2.17. The lowest BCUT2D eigenvalue weighted by Crippen LogP contribution is -2.33. The van der Waals surface area contributed by atoms with Crippen molar-refractivity contribution in [2.75, 3.05) is 13.1 Å². The quantitative estimate of drug-likeness (QED) is 0.741. The second kappa shape index (κ2) is 8.97. The Labute approximate surface area is 109 Å². The Balaban J connectivity index is 0.000000181. The molecule has 2 unspecified atom stereocenters. The van der Waals surface area contributed by atoms with Gasteiger partial charge in [-0.15, -0.1) is 0 Å². The predicted octanol–water partition coefficient (Wildman–Crippen LogP) is 4.62. The summed E-state index contributed by atoms with van der Waals surface area (Å²) in [6.07, 6.45) is 11.6. The van der Waals surface area contributed by atoms with E-state index in [-0.39, 0.29) is 0 Å². The van der Waals surface area contributed by atoms with Crippen LogP contribution in [-0.4, -0.2) is 13.1 Å². The van der Waals surface area contributed by atoms with Crippen LogP contribution in [0.4, 0.5) is 0 Å². The standard InChI is InChI=1S/C9H19N.C7H14/c1-3-8(2)9-5-4-6-10-7-9;1-7-5-3-2-4-6-7/h8-10H,3-7H2,1-2H3;7H,2-6H2,1H3. The number of hydrogen-bond donors (Lipinski definition) is 1. The topological polar surface area (TPSA) is 12.0 Å². The second-order valence-electron chi connectivity index (χ2n) is 6.24. The average Bonchev–Trinajstić information content (AvgIpc) is 2.40. The summed E-state index contributed by atoms with van der Waals surface area (Å²) in [5, 5.41) is 3.45. The molecule has 0 radical (unpaired) electrons. The highest BCUT2D eigenvalue weighted by Crippen LogP contribution is 2.22. The van der Waals surface area contributed by atoms with Crippen molar-refractivity contribution in [2.24, 2.45) is 17.8 Å². The Kier molecular flexibility index (Phi) is 7.92. The molecule has 1 nitrogen and oxygen atoms in total. The minimum absolute atomic E-state index is 0.924. The van der Waals surface area contributed by atoms with Crippen LogP contribution in [-0.2, 0) is 0 Å². The zero-order valence-electron chi connectivity index (χ0n) is 12.3. The van der Waals surface area contributed by atoms with Crippen molar-refractivity contribution in [3.05, 3.63) is 0 Å². The predicted molar refractivity (Wildman–Crippen MR) is 77.3 cm³/mol. The molecule has 1 aliphatic heterocycles. The minimum atomic E-state index is 0.924. The average molecular weight is 239 g/mol. The smallest absolute Gasteiger partial charge is 0.00180 e. The summed E-state index contributed by atoms with van der Waals surface area (Å²) in [5.74, 6) is 2.92. The lowest BCUT2D eigenvalue weighted by Gasteiger charge is -2.27. The third-order valence-corrected chi connectivity index (χ3v) is 4.68. The van der Waals surface area contributed by atoms with Gasteiger partial charge in [0.2, 0.25) is 0 Å². The fourth-order valence-electron chi connectivity index (χ4n) is 3.00. The molecule has 0 amide bonds. The van der Waals surface area contributed by atoms with Crippen LogP contribution >= 0.6 is 0 Å². The van der Waals surface area contributed by atoms with Crippen molar-refractivity contribution in [1.29, 1.82) is 0 Å². The van der Waals surface area contributed by atoms with E-state index in [2.05, 4.69) is 26.1 Å². The molecule has 1 saturated carbocycles. The lowest BCUT2D eigenvalue weighted by atomic mass is 9.86. The Hall–Kier alpha value is -0.0400. The summed E-state index contributed by atoms with van der Waals surface area (Å²) in [6.45, 7) is 9.53. The van der Waals surface area contributed by atoms with Gasteiger partial charge in [0.1, 0.15) is 0 Å². The van der Waals surface area contributed by atoms with Gasteiger partial charge in [0.25, 0.3) is 0 Å². The van der Waals surface area contributed by atoms with E-state index in [1.165, 1.54) is 64.5 Å². The Bertz CT molecular complexity index is 166. The minimum Gasteiger partial charge on any atom is -0.316 e. The van der Waals surface area contributed by atoms with Crippen LogP contribution in [0.25, 0.3) is 0 Å². The molecule has 17 heavy (non-hydrogen) atoms. The molecule has 2 fully saturated rings. The normalized spacial score (nSPS) is 28.1. The molecule has 1 heteroatoms. The van der Waals surface area contributed by atoms with Gasteiger partial charge in [0.15, 0.2) is 0 Å². The first kappa shape index (κ1) is 15.0. The monoisotopic (exact) mass is 239 g/mol. The molecule has 1 N–H and O–H groups in total. The molecule has 2 aliphatic rings. The molecular formula is C16H33N. The van der Waals surface area contributed by atoms with Gasteiger partial charge in [-0.1, -0.05) is 59.3 Å². The Morgan fingerprint density at radius 1 is 1.06 bits per heavy atom. The van der Waals surface area contributed by atoms with Gasteiger partial charge in [0.05, 0.1) is 0 Å². The Morgan fingerprint density at radius 3 is 2.18 bits per heavy atom. The highest BCUT2D eigenvalue weighted by molar-refractivity contribution is 4.72. The van der Waals surface area contributed by atoms with Crippen molar-refractivity contribution in [3.63, 3.8) is 0 Å². The van der Waals surface area contributed by atoms with Crippen molar-refractivity contribution in [3.8, 4) is 0 Å². The zero-order chi connectivity index (χ0) is 12.5. The first-order valence-electron chi connectivity index (χ1n) is 7.94. The van der Waals surface area contributed by atoms with Crippen molar-refractivity contribution in [2.45, 2.75) is 72.1 Å². The van der Waals surface area contributed by atoms with Gasteiger partial charge in [-0.05, 0) is 43.7 Å². The second-order valence-corrected chi connectivity index (χ2v) is 6.24.